The van der Waals surface area contributed by atoms with E-state index in [1.807, 2.05) is 18.2 Å². The molecule has 4 nitrogen and oxygen atoms in total. The lowest BCUT2D eigenvalue weighted by Crippen LogP contribution is -2.31. The first-order chi connectivity index (χ1) is 10.0. The molecule has 1 atom stereocenters. The van der Waals surface area contributed by atoms with Crippen LogP contribution >= 0.6 is 15.9 Å². The quantitative estimate of drug-likeness (QED) is 0.740. The monoisotopic (exact) mass is 352 g/mol. The number of nitrogens with one attached hydrogen (secondary N) is 1. The molecule has 0 aromatic heterocycles. The van der Waals surface area contributed by atoms with Gasteiger partial charge in [-0.05, 0) is 33.6 Å². The first kappa shape index (κ1) is 15.5. The Hall–Kier alpha value is -1.92. The molecule has 1 amide bonds. The summed E-state index contributed by atoms with van der Waals surface area (Å²) in [6.07, 6.45) is 0. The number of nitrogen functional groups attached to an aromatic ring is 1. The average molecular weight is 353 g/mol. The number of benzene rings is 2. The second kappa shape index (κ2) is 6.69. The second-order valence-electron chi connectivity index (χ2n) is 4.47. The number of rotatable bonds is 4. The molecular weight excluding hydrogens is 339 g/mol. The number of halogens is 2. The number of carbonyl (C=O) groups is 1. The maximum absolute atomic E-state index is 13.3. The van der Waals surface area contributed by atoms with Crippen LogP contribution in [0.4, 0.5) is 10.1 Å². The number of aliphatic hydroxyl groups is 1. The van der Waals surface area contributed by atoms with Gasteiger partial charge >= 0.3 is 0 Å². The number of carbonyl (C=O) groups excluding carboxylic acids is 1. The average Bonchev–Trinajstić information content (AvgIpc) is 2.49. The summed E-state index contributed by atoms with van der Waals surface area (Å²) in [5.74, 6) is -1.04. The van der Waals surface area contributed by atoms with E-state index in [4.69, 9.17) is 5.73 Å². The summed E-state index contributed by atoms with van der Waals surface area (Å²) in [6.45, 7) is -0.246. The van der Waals surface area contributed by atoms with Crippen LogP contribution in [0, 0.1) is 5.82 Å². The van der Waals surface area contributed by atoms with E-state index >= 15 is 0 Å². The SMILES string of the molecule is Nc1cc(C(=O)N[C@@H](CO)c2ccccc2)c(Br)cc1F. The molecule has 0 aliphatic rings. The standard InChI is InChI=1S/C15H14BrFN2O2/c16-11-7-12(17)13(18)6-10(11)15(21)19-14(8-20)9-4-2-1-3-5-9/h1-7,14,20H,8,18H2,(H,19,21)/t14-/m0/s1. The van der Waals surface area contributed by atoms with Crippen LogP contribution in [-0.4, -0.2) is 17.6 Å². The van der Waals surface area contributed by atoms with E-state index in [0.717, 1.165) is 11.6 Å². The highest BCUT2D eigenvalue weighted by molar-refractivity contribution is 9.10. The zero-order chi connectivity index (χ0) is 15.4. The Balaban J connectivity index is 2.23. The largest absolute Gasteiger partial charge is 0.396 e. The van der Waals surface area contributed by atoms with Gasteiger partial charge in [0.2, 0.25) is 0 Å². The molecule has 0 bridgehead atoms. The summed E-state index contributed by atoms with van der Waals surface area (Å²) in [5, 5.41) is 12.1. The zero-order valence-corrected chi connectivity index (χ0v) is 12.6. The van der Waals surface area contributed by atoms with Crippen molar-refractivity contribution in [2.45, 2.75) is 6.04 Å². The number of amides is 1. The van der Waals surface area contributed by atoms with Gasteiger partial charge in [-0.2, -0.15) is 0 Å². The second-order valence-corrected chi connectivity index (χ2v) is 5.33. The number of anilines is 1. The van der Waals surface area contributed by atoms with Crippen LogP contribution in [0.25, 0.3) is 0 Å². The van der Waals surface area contributed by atoms with Gasteiger partial charge in [0.05, 0.1) is 23.9 Å². The van der Waals surface area contributed by atoms with Gasteiger partial charge in [0.15, 0.2) is 0 Å². The summed E-state index contributed by atoms with van der Waals surface area (Å²) < 4.78 is 13.6. The molecule has 0 radical (unpaired) electrons. The van der Waals surface area contributed by atoms with Crippen molar-refractivity contribution in [1.29, 1.82) is 0 Å². The summed E-state index contributed by atoms with van der Waals surface area (Å²) in [6, 6.07) is 10.9. The molecule has 2 aromatic carbocycles. The summed E-state index contributed by atoms with van der Waals surface area (Å²) in [5.41, 5.74) is 6.36. The molecule has 0 fully saturated rings. The van der Waals surface area contributed by atoms with Gasteiger partial charge in [0, 0.05) is 4.47 Å². The molecule has 0 aliphatic heterocycles. The predicted octanol–water partition coefficient (Wildman–Crippen LogP) is 2.63. The van der Waals surface area contributed by atoms with Crippen molar-refractivity contribution in [2.24, 2.45) is 0 Å². The Morgan fingerprint density at radius 1 is 1.33 bits per heavy atom. The molecule has 2 rings (SSSR count). The molecule has 110 valence electrons. The maximum Gasteiger partial charge on any atom is 0.253 e. The minimum atomic E-state index is -0.597. The fourth-order valence-corrected chi connectivity index (χ4v) is 2.39. The molecule has 0 saturated carbocycles. The Morgan fingerprint density at radius 2 is 2.00 bits per heavy atom. The smallest absolute Gasteiger partial charge is 0.253 e. The Morgan fingerprint density at radius 3 is 2.62 bits per heavy atom. The molecule has 0 unspecified atom stereocenters. The normalized spacial score (nSPS) is 12.0. The van der Waals surface area contributed by atoms with Crippen molar-refractivity contribution >= 4 is 27.5 Å². The van der Waals surface area contributed by atoms with Gasteiger partial charge in [-0.1, -0.05) is 30.3 Å². The molecule has 0 saturated heterocycles. The van der Waals surface area contributed by atoms with Gasteiger partial charge in [0.1, 0.15) is 5.82 Å². The van der Waals surface area contributed by atoms with Crippen LogP contribution in [0.15, 0.2) is 46.9 Å². The van der Waals surface area contributed by atoms with Crippen molar-refractivity contribution in [3.63, 3.8) is 0 Å². The molecule has 6 heteroatoms. The van der Waals surface area contributed by atoms with Crippen molar-refractivity contribution in [1.82, 2.24) is 5.32 Å². The number of aliphatic hydroxyl groups excluding tert-OH is 1. The van der Waals surface area contributed by atoms with E-state index in [9.17, 15) is 14.3 Å². The maximum atomic E-state index is 13.3. The number of hydrogen-bond donors (Lipinski definition) is 3. The summed E-state index contributed by atoms with van der Waals surface area (Å²) >= 11 is 3.13. The topological polar surface area (TPSA) is 75.4 Å². The molecular formula is C15H14BrFN2O2. The van der Waals surface area contributed by atoms with Crippen LogP contribution in [0.3, 0.4) is 0 Å². The number of hydrogen-bond acceptors (Lipinski definition) is 3. The van der Waals surface area contributed by atoms with Gasteiger partial charge in [-0.15, -0.1) is 0 Å². The fraction of sp³-hybridized carbons (Fsp3) is 0.133. The highest BCUT2D eigenvalue weighted by Crippen LogP contribution is 2.23. The Kier molecular flexibility index (Phi) is 4.93. The van der Waals surface area contributed by atoms with Crippen molar-refractivity contribution in [3.05, 3.63) is 63.9 Å². The Bertz CT molecular complexity index is 650. The zero-order valence-electron chi connectivity index (χ0n) is 11.0. The highest BCUT2D eigenvalue weighted by atomic mass is 79.9. The lowest BCUT2D eigenvalue weighted by atomic mass is 10.1. The molecule has 4 N–H and O–H groups in total. The molecule has 0 aliphatic carbocycles. The molecule has 2 aromatic rings. The highest BCUT2D eigenvalue weighted by Gasteiger charge is 2.18. The lowest BCUT2D eigenvalue weighted by molar-refractivity contribution is 0.0915. The third-order valence-electron chi connectivity index (χ3n) is 3.02. The third-order valence-corrected chi connectivity index (χ3v) is 3.68. The summed E-state index contributed by atoms with van der Waals surface area (Å²) in [7, 11) is 0. The summed E-state index contributed by atoms with van der Waals surface area (Å²) in [4.78, 5) is 12.2. The van der Waals surface area contributed by atoms with Crippen LogP contribution < -0.4 is 11.1 Å². The molecule has 21 heavy (non-hydrogen) atoms. The van der Waals surface area contributed by atoms with E-state index < -0.39 is 17.8 Å². The van der Waals surface area contributed by atoms with E-state index in [0.29, 0.717) is 4.47 Å². The van der Waals surface area contributed by atoms with Crippen LogP contribution in [0.5, 0.6) is 0 Å². The van der Waals surface area contributed by atoms with E-state index in [1.54, 1.807) is 12.1 Å². The molecule has 0 spiro atoms. The predicted molar refractivity (Wildman–Crippen MR) is 82.2 cm³/mol. The lowest BCUT2D eigenvalue weighted by Gasteiger charge is -2.17. The molecule has 0 heterocycles. The fourth-order valence-electron chi connectivity index (χ4n) is 1.90. The van der Waals surface area contributed by atoms with Crippen molar-refractivity contribution in [3.8, 4) is 0 Å². The number of nitrogens with two attached hydrogens (primary N) is 1. The van der Waals surface area contributed by atoms with Crippen LogP contribution in [0.2, 0.25) is 0 Å². The van der Waals surface area contributed by atoms with Gasteiger partial charge in [-0.25, -0.2) is 4.39 Å². The first-order valence-corrected chi connectivity index (χ1v) is 7.03. The first-order valence-electron chi connectivity index (χ1n) is 6.24. The minimum Gasteiger partial charge on any atom is -0.396 e. The Labute approximate surface area is 129 Å². The van der Waals surface area contributed by atoms with Gasteiger partial charge < -0.3 is 16.2 Å². The van der Waals surface area contributed by atoms with E-state index in [1.165, 1.54) is 6.07 Å². The van der Waals surface area contributed by atoms with Crippen molar-refractivity contribution < 1.29 is 14.3 Å². The van der Waals surface area contributed by atoms with Crippen LogP contribution in [0.1, 0.15) is 22.0 Å². The minimum absolute atomic E-state index is 0.108. The van der Waals surface area contributed by atoms with Gasteiger partial charge in [0.25, 0.3) is 5.91 Å². The van der Waals surface area contributed by atoms with Crippen LogP contribution in [-0.2, 0) is 0 Å². The van der Waals surface area contributed by atoms with E-state index in [2.05, 4.69) is 21.2 Å². The third kappa shape index (κ3) is 3.59. The van der Waals surface area contributed by atoms with Crippen molar-refractivity contribution in [2.75, 3.05) is 12.3 Å². The van der Waals surface area contributed by atoms with Gasteiger partial charge in [-0.3, -0.25) is 4.79 Å². The van der Waals surface area contributed by atoms with E-state index in [-0.39, 0.29) is 17.9 Å².